The van der Waals surface area contributed by atoms with Gasteiger partial charge in [0.15, 0.2) is 11.6 Å². The van der Waals surface area contributed by atoms with Crippen LogP contribution in [0.5, 0.6) is 5.75 Å². The molecule has 2 N–H and O–H groups in total. The standard InChI is InChI=1S/C15H14O5/c1-7(16)8-5-9-12(6-11(8)18)20-14-13(9)10(17)3-4-15(14,2)19/h5-6,18-19H,3-4H2,1-2H3. The van der Waals surface area contributed by atoms with E-state index in [2.05, 4.69) is 0 Å². The number of ketones is 2. The highest BCUT2D eigenvalue weighted by Crippen LogP contribution is 2.42. The largest absolute Gasteiger partial charge is 0.507 e. The maximum absolute atomic E-state index is 12.1. The zero-order valence-corrected chi connectivity index (χ0v) is 11.2. The molecule has 0 saturated carbocycles. The second kappa shape index (κ2) is 3.93. The fourth-order valence-corrected chi connectivity index (χ4v) is 2.67. The van der Waals surface area contributed by atoms with Gasteiger partial charge in [0.05, 0.1) is 11.1 Å². The van der Waals surface area contributed by atoms with Crippen LogP contribution in [0.3, 0.4) is 0 Å². The number of hydrogen-bond donors (Lipinski definition) is 2. The Balaban J connectivity index is 2.39. The number of furan rings is 1. The molecule has 20 heavy (non-hydrogen) atoms. The van der Waals surface area contributed by atoms with Gasteiger partial charge in [0.1, 0.15) is 22.7 Å². The summed E-state index contributed by atoms with van der Waals surface area (Å²) in [6.45, 7) is 2.93. The monoisotopic (exact) mass is 274 g/mol. The molecule has 0 saturated heterocycles. The average Bonchev–Trinajstić information content (AvgIpc) is 2.73. The van der Waals surface area contributed by atoms with Gasteiger partial charge >= 0.3 is 0 Å². The molecule has 104 valence electrons. The summed E-state index contributed by atoms with van der Waals surface area (Å²) in [5.74, 6) is -0.396. The fraction of sp³-hybridized carbons (Fsp3) is 0.333. The van der Waals surface area contributed by atoms with Crippen molar-refractivity contribution in [3.05, 3.63) is 29.0 Å². The molecule has 0 radical (unpaired) electrons. The van der Waals surface area contributed by atoms with Gasteiger partial charge in [-0.25, -0.2) is 0 Å². The third-order valence-electron chi connectivity index (χ3n) is 3.79. The van der Waals surface area contributed by atoms with E-state index in [-0.39, 0.29) is 35.1 Å². The molecule has 0 amide bonds. The molecule has 1 aromatic carbocycles. The lowest BCUT2D eigenvalue weighted by Gasteiger charge is -2.25. The molecule has 2 aromatic rings. The molecular formula is C15H14O5. The number of phenolic OH excluding ortho intramolecular Hbond substituents is 1. The van der Waals surface area contributed by atoms with Crippen LogP contribution in [0, 0.1) is 0 Å². The van der Waals surface area contributed by atoms with Crippen LogP contribution in [0.15, 0.2) is 16.5 Å². The number of phenols is 1. The molecule has 3 rings (SSSR count). The van der Waals surface area contributed by atoms with E-state index >= 15 is 0 Å². The molecule has 0 bridgehead atoms. The molecule has 0 spiro atoms. The predicted molar refractivity (Wildman–Crippen MR) is 71.0 cm³/mol. The Bertz CT molecular complexity index is 751. The Morgan fingerprint density at radius 3 is 2.75 bits per heavy atom. The van der Waals surface area contributed by atoms with Gasteiger partial charge in [-0.3, -0.25) is 9.59 Å². The summed E-state index contributed by atoms with van der Waals surface area (Å²) < 4.78 is 5.55. The second-order valence-corrected chi connectivity index (χ2v) is 5.42. The van der Waals surface area contributed by atoms with Crippen LogP contribution in [0.1, 0.15) is 53.2 Å². The first-order valence-corrected chi connectivity index (χ1v) is 6.38. The van der Waals surface area contributed by atoms with Crippen LogP contribution in [0.25, 0.3) is 11.0 Å². The van der Waals surface area contributed by atoms with Gasteiger partial charge in [-0.05, 0) is 26.3 Å². The Labute approximate surface area is 114 Å². The van der Waals surface area contributed by atoms with E-state index in [4.69, 9.17) is 4.42 Å². The molecule has 1 atom stereocenters. The van der Waals surface area contributed by atoms with Crippen LogP contribution in [0.4, 0.5) is 0 Å². The number of carbonyl (C=O) groups is 2. The minimum atomic E-state index is -1.21. The minimum Gasteiger partial charge on any atom is -0.507 e. The first-order valence-electron chi connectivity index (χ1n) is 6.38. The highest BCUT2D eigenvalue weighted by molar-refractivity contribution is 6.11. The van der Waals surface area contributed by atoms with Crippen LogP contribution < -0.4 is 0 Å². The van der Waals surface area contributed by atoms with Crippen molar-refractivity contribution in [2.45, 2.75) is 32.3 Å². The highest BCUT2D eigenvalue weighted by Gasteiger charge is 2.39. The lowest BCUT2D eigenvalue weighted by molar-refractivity contribution is 0.0177. The summed E-state index contributed by atoms with van der Waals surface area (Å²) in [6.07, 6.45) is 0.523. The quantitative estimate of drug-likeness (QED) is 0.780. The van der Waals surface area contributed by atoms with E-state index in [1.165, 1.54) is 19.1 Å². The van der Waals surface area contributed by atoms with Crippen molar-refractivity contribution in [3.63, 3.8) is 0 Å². The molecule has 0 fully saturated rings. The van der Waals surface area contributed by atoms with Crippen LogP contribution in [-0.4, -0.2) is 21.8 Å². The van der Waals surface area contributed by atoms with E-state index in [9.17, 15) is 19.8 Å². The van der Waals surface area contributed by atoms with Gasteiger partial charge < -0.3 is 14.6 Å². The molecule has 1 aromatic heterocycles. The summed E-state index contributed by atoms with van der Waals surface area (Å²) in [5.41, 5.74) is -0.459. The molecule has 5 nitrogen and oxygen atoms in total. The minimum absolute atomic E-state index is 0.120. The Kier molecular flexibility index (Phi) is 2.53. The number of carbonyl (C=O) groups excluding carboxylic acids is 2. The smallest absolute Gasteiger partial charge is 0.167 e. The zero-order chi connectivity index (χ0) is 14.7. The van der Waals surface area contributed by atoms with Gasteiger partial charge in [-0.15, -0.1) is 0 Å². The lowest BCUT2D eigenvalue weighted by atomic mass is 9.84. The third-order valence-corrected chi connectivity index (χ3v) is 3.79. The number of benzene rings is 1. The Hall–Kier alpha value is -2.14. The zero-order valence-electron chi connectivity index (χ0n) is 11.2. The lowest BCUT2D eigenvalue weighted by Crippen LogP contribution is -2.28. The van der Waals surface area contributed by atoms with Crippen molar-refractivity contribution in [2.24, 2.45) is 0 Å². The van der Waals surface area contributed by atoms with Crippen molar-refractivity contribution in [3.8, 4) is 5.75 Å². The Morgan fingerprint density at radius 1 is 1.40 bits per heavy atom. The SMILES string of the molecule is CC(=O)c1cc2c3c(oc2cc1O)C(C)(O)CCC3=O. The fourth-order valence-electron chi connectivity index (χ4n) is 2.67. The summed E-state index contributed by atoms with van der Waals surface area (Å²) in [4.78, 5) is 23.6. The normalized spacial score (nSPS) is 22.1. The number of fused-ring (bicyclic) bond motifs is 3. The molecule has 1 aliphatic rings. The second-order valence-electron chi connectivity index (χ2n) is 5.42. The van der Waals surface area contributed by atoms with Crippen molar-refractivity contribution in [2.75, 3.05) is 0 Å². The molecule has 1 aliphatic carbocycles. The average molecular weight is 274 g/mol. The third kappa shape index (κ3) is 1.67. The van der Waals surface area contributed by atoms with Crippen molar-refractivity contribution in [1.82, 2.24) is 0 Å². The molecule has 5 heteroatoms. The van der Waals surface area contributed by atoms with Crippen molar-refractivity contribution < 1.29 is 24.2 Å². The van der Waals surface area contributed by atoms with E-state index < -0.39 is 5.60 Å². The number of aliphatic hydroxyl groups is 1. The van der Waals surface area contributed by atoms with Gasteiger partial charge in [-0.1, -0.05) is 0 Å². The highest BCUT2D eigenvalue weighted by atomic mass is 16.4. The number of hydrogen-bond acceptors (Lipinski definition) is 5. The molecule has 1 unspecified atom stereocenters. The predicted octanol–water partition coefficient (Wildman–Crippen LogP) is 2.53. The molecule has 1 heterocycles. The van der Waals surface area contributed by atoms with Gasteiger partial charge in [-0.2, -0.15) is 0 Å². The maximum Gasteiger partial charge on any atom is 0.167 e. The number of Topliss-reactive ketones (excluding diaryl/α,β-unsaturated/α-hetero) is 2. The van der Waals surface area contributed by atoms with Gasteiger partial charge in [0.2, 0.25) is 0 Å². The van der Waals surface area contributed by atoms with Crippen LogP contribution in [0.2, 0.25) is 0 Å². The van der Waals surface area contributed by atoms with E-state index in [1.54, 1.807) is 6.92 Å². The number of aromatic hydroxyl groups is 1. The summed E-state index contributed by atoms with van der Waals surface area (Å²) >= 11 is 0. The first kappa shape index (κ1) is 12.9. The van der Waals surface area contributed by atoms with Crippen LogP contribution >= 0.6 is 0 Å². The topological polar surface area (TPSA) is 87.7 Å². The van der Waals surface area contributed by atoms with E-state index in [0.29, 0.717) is 23.0 Å². The van der Waals surface area contributed by atoms with Crippen molar-refractivity contribution in [1.29, 1.82) is 0 Å². The summed E-state index contributed by atoms with van der Waals surface area (Å²) in [6, 6.07) is 2.77. The summed E-state index contributed by atoms with van der Waals surface area (Å²) in [5, 5.41) is 20.6. The van der Waals surface area contributed by atoms with E-state index in [1.807, 2.05) is 0 Å². The first-order chi connectivity index (χ1) is 9.31. The van der Waals surface area contributed by atoms with Gasteiger partial charge in [0.25, 0.3) is 0 Å². The van der Waals surface area contributed by atoms with Gasteiger partial charge in [0, 0.05) is 17.9 Å². The number of rotatable bonds is 1. The summed E-state index contributed by atoms with van der Waals surface area (Å²) in [7, 11) is 0. The van der Waals surface area contributed by atoms with E-state index in [0.717, 1.165) is 0 Å². The molecule has 0 aliphatic heterocycles. The molecular weight excluding hydrogens is 260 g/mol. The van der Waals surface area contributed by atoms with Crippen molar-refractivity contribution >= 4 is 22.5 Å². The van der Waals surface area contributed by atoms with Crippen LogP contribution in [-0.2, 0) is 5.60 Å². The maximum atomic E-state index is 12.1. The Morgan fingerprint density at radius 2 is 2.10 bits per heavy atom.